The van der Waals surface area contributed by atoms with E-state index < -0.39 is 5.82 Å². The van der Waals surface area contributed by atoms with Crippen LogP contribution in [-0.4, -0.2) is 12.5 Å². The fourth-order valence-electron chi connectivity index (χ4n) is 2.81. The van der Waals surface area contributed by atoms with E-state index in [1.165, 1.54) is 25.0 Å². The van der Waals surface area contributed by atoms with Gasteiger partial charge in [-0.15, -0.1) is 0 Å². The molecule has 0 bridgehead atoms. The number of nitrogen functional groups attached to an aromatic ring is 1. The van der Waals surface area contributed by atoms with E-state index in [4.69, 9.17) is 5.73 Å². The standard InChI is InChI=1S/C15H21FN2O/c1-10-4-2-5-11(8-10)9-18-15(19)12-6-3-7-13(16)14(12)17/h3,6-7,10-11H,2,4-5,8-9,17H2,1H3,(H,18,19). The average molecular weight is 264 g/mol. The van der Waals surface area contributed by atoms with Gasteiger partial charge in [0.25, 0.3) is 5.91 Å². The first kappa shape index (κ1) is 13.8. The molecule has 0 spiro atoms. The molecule has 1 fully saturated rings. The zero-order valence-electron chi connectivity index (χ0n) is 11.3. The lowest BCUT2D eigenvalue weighted by molar-refractivity contribution is 0.0941. The number of hydrogen-bond donors (Lipinski definition) is 2. The van der Waals surface area contributed by atoms with E-state index in [0.717, 1.165) is 18.8 Å². The van der Waals surface area contributed by atoms with E-state index in [-0.39, 0.29) is 17.2 Å². The maximum atomic E-state index is 13.3. The van der Waals surface area contributed by atoms with Crippen molar-refractivity contribution in [2.24, 2.45) is 11.8 Å². The summed E-state index contributed by atoms with van der Waals surface area (Å²) in [5, 5.41) is 2.87. The largest absolute Gasteiger partial charge is 0.396 e. The van der Waals surface area contributed by atoms with Crippen LogP contribution in [0.5, 0.6) is 0 Å². The van der Waals surface area contributed by atoms with Crippen LogP contribution in [0.4, 0.5) is 10.1 Å². The summed E-state index contributed by atoms with van der Waals surface area (Å²) >= 11 is 0. The number of halogens is 1. The highest BCUT2D eigenvalue weighted by molar-refractivity contribution is 5.99. The van der Waals surface area contributed by atoms with Gasteiger partial charge in [0, 0.05) is 6.54 Å². The predicted molar refractivity (Wildman–Crippen MR) is 74.3 cm³/mol. The van der Waals surface area contributed by atoms with Crippen molar-refractivity contribution in [2.75, 3.05) is 12.3 Å². The molecule has 0 aromatic heterocycles. The fourth-order valence-corrected chi connectivity index (χ4v) is 2.81. The molecule has 19 heavy (non-hydrogen) atoms. The molecule has 1 aromatic carbocycles. The van der Waals surface area contributed by atoms with Gasteiger partial charge in [-0.2, -0.15) is 0 Å². The van der Waals surface area contributed by atoms with Gasteiger partial charge in [-0.1, -0.05) is 25.8 Å². The highest BCUT2D eigenvalue weighted by atomic mass is 19.1. The minimum absolute atomic E-state index is 0.0722. The van der Waals surface area contributed by atoms with Crippen molar-refractivity contribution in [1.29, 1.82) is 0 Å². The van der Waals surface area contributed by atoms with E-state index in [0.29, 0.717) is 12.5 Å². The lowest BCUT2D eigenvalue weighted by Gasteiger charge is -2.26. The van der Waals surface area contributed by atoms with Crippen LogP contribution in [0.3, 0.4) is 0 Å². The van der Waals surface area contributed by atoms with E-state index in [9.17, 15) is 9.18 Å². The molecule has 1 aromatic rings. The summed E-state index contributed by atoms with van der Waals surface area (Å²) in [4.78, 5) is 12.0. The van der Waals surface area contributed by atoms with E-state index in [1.54, 1.807) is 6.07 Å². The number of carbonyl (C=O) groups is 1. The molecule has 0 aliphatic heterocycles. The zero-order chi connectivity index (χ0) is 13.8. The predicted octanol–water partition coefficient (Wildman–Crippen LogP) is 2.96. The third-order valence-electron chi connectivity index (χ3n) is 3.89. The normalized spacial score (nSPS) is 23.1. The first-order valence-corrected chi connectivity index (χ1v) is 6.90. The van der Waals surface area contributed by atoms with Crippen LogP contribution < -0.4 is 11.1 Å². The number of nitrogens with two attached hydrogens (primary N) is 1. The number of anilines is 1. The molecule has 1 aliphatic carbocycles. The second kappa shape index (κ2) is 6.04. The highest BCUT2D eigenvalue weighted by Crippen LogP contribution is 2.28. The van der Waals surface area contributed by atoms with Gasteiger partial charge in [0.15, 0.2) is 0 Å². The van der Waals surface area contributed by atoms with Crippen molar-refractivity contribution >= 4 is 11.6 Å². The van der Waals surface area contributed by atoms with Crippen molar-refractivity contribution in [3.05, 3.63) is 29.6 Å². The quantitative estimate of drug-likeness (QED) is 0.825. The second-order valence-corrected chi connectivity index (χ2v) is 5.55. The summed E-state index contributed by atoms with van der Waals surface area (Å²) in [5.41, 5.74) is 5.73. The Morgan fingerprint density at radius 2 is 2.26 bits per heavy atom. The zero-order valence-corrected chi connectivity index (χ0v) is 11.3. The SMILES string of the molecule is CC1CCCC(CNC(=O)c2cccc(F)c2N)C1. The molecule has 3 N–H and O–H groups in total. The molecule has 3 nitrogen and oxygen atoms in total. The monoisotopic (exact) mass is 264 g/mol. The molecule has 2 rings (SSSR count). The smallest absolute Gasteiger partial charge is 0.253 e. The van der Waals surface area contributed by atoms with Crippen LogP contribution in [0.15, 0.2) is 18.2 Å². The summed E-state index contributed by atoms with van der Waals surface area (Å²) in [6, 6.07) is 4.31. The van der Waals surface area contributed by atoms with E-state index in [2.05, 4.69) is 12.2 Å². The Hall–Kier alpha value is -1.58. The first-order valence-electron chi connectivity index (χ1n) is 6.90. The van der Waals surface area contributed by atoms with Crippen molar-refractivity contribution in [2.45, 2.75) is 32.6 Å². The number of nitrogens with one attached hydrogen (secondary N) is 1. The molecule has 0 heterocycles. The molecular weight excluding hydrogens is 243 g/mol. The number of benzene rings is 1. The molecule has 2 unspecified atom stereocenters. The van der Waals surface area contributed by atoms with Gasteiger partial charge in [-0.25, -0.2) is 4.39 Å². The van der Waals surface area contributed by atoms with Crippen LogP contribution in [0.1, 0.15) is 43.0 Å². The molecule has 1 saturated carbocycles. The van der Waals surface area contributed by atoms with Gasteiger partial charge in [0.1, 0.15) is 5.82 Å². The van der Waals surface area contributed by atoms with Crippen molar-refractivity contribution in [3.8, 4) is 0 Å². The number of rotatable bonds is 3. The summed E-state index contributed by atoms with van der Waals surface area (Å²) in [6.45, 7) is 2.90. The molecule has 1 aliphatic rings. The van der Waals surface area contributed by atoms with Gasteiger partial charge < -0.3 is 11.1 Å². The average Bonchev–Trinajstić information content (AvgIpc) is 2.39. The minimum Gasteiger partial charge on any atom is -0.396 e. The Morgan fingerprint density at radius 3 is 3.00 bits per heavy atom. The lowest BCUT2D eigenvalue weighted by atomic mass is 9.82. The van der Waals surface area contributed by atoms with Gasteiger partial charge in [-0.05, 0) is 36.8 Å². The van der Waals surface area contributed by atoms with Crippen molar-refractivity contribution in [3.63, 3.8) is 0 Å². The Morgan fingerprint density at radius 1 is 1.47 bits per heavy atom. The van der Waals surface area contributed by atoms with Gasteiger partial charge in [-0.3, -0.25) is 4.79 Å². The molecule has 0 saturated heterocycles. The molecule has 104 valence electrons. The van der Waals surface area contributed by atoms with Gasteiger partial charge in [0.2, 0.25) is 0 Å². The Balaban J connectivity index is 1.92. The number of hydrogen-bond acceptors (Lipinski definition) is 2. The summed E-state index contributed by atoms with van der Waals surface area (Å²) < 4.78 is 13.3. The minimum atomic E-state index is -0.543. The first-order chi connectivity index (χ1) is 9.08. The number of para-hydroxylation sites is 1. The van der Waals surface area contributed by atoms with Crippen molar-refractivity contribution < 1.29 is 9.18 Å². The molecule has 1 amide bonds. The van der Waals surface area contributed by atoms with Crippen LogP contribution in [-0.2, 0) is 0 Å². The van der Waals surface area contributed by atoms with Crippen LogP contribution in [0, 0.1) is 17.7 Å². The molecular formula is C15H21FN2O. The van der Waals surface area contributed by atoms with Gasteiger partial charge >= 0.3 is 0 Å². The number of amides is 1. The van der Waals surface area contributed by atoms with Gasteiger partial charge in [0.05, 0.1) is 11.3 Å². The topological polar surface area (TPSA) is 55.1 Å². The molecule has 0 radical (unpaired) electrons. The van der Waals surface area contributed by atoms with E-state index in [1.807, 2.05) is 0 Å². The third kappa shape index (κ3) is 3.46. The summed E-state index contributed by atoms with van der Waals surface area (Å²) in [7, 11) is 0. The maximum absolute atomic E-state index is 13.3. The van der Waals surface area contributed by atoms with E-state index >= 15 is 0 Å². The Labute approximate surface area is 113 Å². The van der Waals surface area contributed by atoms with Crippen LogP contribution in [0.2, 0.25) is 0 Å². The Bertz CT molecular complexity index is 461. The summed E-state index contributed by atoms with van der Waals surface area (Å²) in [6.07, 6.45) is 4.81. The third-order valence-corrected chi connectivity index (χ3v) is 3.89. The number of carbonyl (C=O) groups excluding carboxylic acids is 1. The molecule has 2 atom stereocenters. The highest BCUT2D eigenvalue weighted by Gasteiger charge is 2.20. The van der Waals surface area contributed by atoms with Crippen LogP contribution >= 0.6 is 0 Å². The van der Waals surface area contributed by atoms with Crippen molar-refractivity contribution in [1.82, 2.24) is 5.32 Å². The fraction of sp³-hybridized carbons (Fsp3) is 0.533. The Kier molecular flexibility index (Phi) is 4.40. The summed E-state index contributed by atoms with van der Waals surface area (Å²) in [5.74, 6) is 0.437. The maximum Gasteiger partial charge on any atom is 0.253 e. The lowest BCUT2D eigenvalue weighted by Crippen LogP contribution is -2.32. The van der Waals surface area contributed by atoms with Crippen LogP contribution in [0.25, 0.3) is 0 Å². The second-order valence-electron chi connectivity index (χ2n) is 5.55. The molecule has 4 heteroatoms.